The predicted octanol–water partition coefficient (Wildman–Crippen LogP) is 6.12. The molecular formula is C27H35ClN2O6. The van der Waals surface area contributed by atoms with Crippen LogP contribution in [0.5, 0.6) is 0 Å². The molecule has 1 aliphatic rings. The van der Waals surface area contributed by atoms with Crippen molar-refractivity contribution >= 4 is 29.2 Å². The zero-order valence-corrected chi connectivity index (χ0v) is 22.0. The molecule has 2 unspecified atom stereocenters. The van der Waals surface area contributed by atoms with Gasteiger partial charge in [-0.2, -0.15) is 0 Å². The maximum absolute atomic E-state index is 12.1. The van der Waals surface area contributed by atoms with Crippen molar-refractivity contribution in [1.29, 1.82) is 0 Å². The summed E-state index contributed by atoms with van der Waals surface area (Å²) in [5.74, 6) is 0.130. The number of carbonyl (C=O) groups excluding carboxylic acids is 3. The van der Waals surface area contributed by atoms with Gasteiger partial charge in [-0.1, -0.05) is 67.6 Å². The zero-order valence-electron chi connectivity index (χ0n) is 21.2. The lowest BCUT2D eigenvalue weighted by molar-refractivity contribution is 0.0143. The normalized spacial score (nSPS) is 17.2. The van der Waals surface area contributed by atoms with Crippen LogP contribution in [-0.2, 0) is 27.4 Å². The maximum Gasteiger partial charge on any atom is 0.410 e. The molecule has 0 aromatic heterocycles. The van der Waals surface area contributed by atoms with Gasteiger partial charge in [0.15, 0.2) is 0 Å². The van der Waals surface area contributed by atoms with E-state index in [1.54, 1.807) is 4.90 Å². The third-order valence-electron chi connectivity index (χ3n) is 5.27. The number of piperidine rings is 1. The molecule has 1 N–H and O–H groups in total. The van der Waals surface area contributed by atoms with Gasteiger partial charge in [-0.15, -0.1) is 0 Å². The number of nitrogens with zero attached hydrogens (tertiary/aromatic N) is 1. The maximum atomic E-state index is 12.1. The van der Waals surface area contributed by atoms with Gasteiger partial charge in [0.05, 0.1) is 0 Å². The Balaban J connectivity index is 0.000000346. The fraction of sp³-hybridized carbons (Fsp3) is 0.444. The quantitative estimate of drug-likeness (QED) is 0.378. The number of benzene rings is 2. The molecule has 1 aliphatic heterocycles. The van der Waals surface area contributed by atoms with Crippen molar-refractivity contribution in [3.05, 3.63) is 71.8 Å². The monoisotopic (exact) mass is 518 g/mol. The Morgan fingerprint density at radius 1 is 0.944 bits per heavy atom. The Kier molecular flexibility index (Phi) is 11.5. The van der Waals surface area contributed by atoms with Crippen LogP contribution in [0, 0.1) is 5.92 Å². The molecule has 2 aromatic carbocycles. The summed E-state index contributed by atoms with van der Waals surface area (Å²) in [6.45, 7) is 9.17. The van der Waals surface area contributed by atoms with E-state index in [0.29, 0.717) is 19.5 Å². The second kappa shape index (κ2) is 14.3. The molecule has 0 radical (unpaired) electrons. The molecule has 196 valence electrons. The molecule has 0 bridgehead atoms. The summed E-state index contributed by atoms with van der Waals surface area (Å²) in [4.78, 5) is 36.0. The number of likely N-dealkylation sites (tertiary alicyclic amines) is 1. The minimum Gasteiger partial charge on any atom is -0.449 e. The second-order valence-electron chi connectivity index (χ2n) is 9.52. The van der Waals surface area contributed by atoms with Crippen LogP contribution in [0.2, 0.25) is 0 Å². The van der Waals surface area contributed by atoms with Crippen molar-refractivity contribution in [2.45, 2.75) is 59.0 Å². The van der Waals surface area contributed by atoms with Gasteiger partial charge in [0.2, 0.25) is 0 Å². The number of alkyl carbamates (subject to hydrolysis) is 1. The highest BCUT2D eigenvalue weighted by Gasteiger charge is 2.32. The average Bonchev–Trinajstić information content (AvgIpc) is 2.83. The number of rotatable bonds is 5. The summed E-state index contributed by atoms with van der Waals surface area (Å²) in [6.07, 6.45) is -0.0446. The van der Waals surface area contributed by atoms with E-state index in [1.165, 1.54) is 0 Å². The minimum atomic E-state index is -0.770. The van der Waals surface area contributed by atoms with E-state index in [9.17, 15) is 14.4 Å². The van der Waals surface area contributed by atoms with Crippen LogP contribution in [0.25, 0.3) is 0 Å². The fourth-order valence-corrected chi connectivity index (χ4v) is 3.54. The van der Waals surface area contributed by atoms with E-state index < -0.39 is 17.1 Å². The molecule has 3 rings (SSSR count). The number of carbonyl (C=O) groups is 3. The molecule has 2 aromatic rings. The first-order valence-electron chi connectivity index (χ1n) is 11.8. The van der Waals surface area contributed by atoms with Crippen LogP contribution >= 0.6 is 11.6 Å². The second-order valence-corrected chi connectivity index (χ2v) is 9.83. The van der Waals surface area contributed by atoms with Gasteiger partial charge in [-0.3, -0.25) is 0 Å². The number of amides is 2. The molecule has 1 saturated heterocycles. The van der Waals surface area contributed by atoms with Crippen LogP contribution < -0.4 is 5.32 Å². The van der Waals surface area contributed by atoms with Crippen molar-refractivity contribution in [3.63, 3.8) is 0 Å². The Hall–Kier alpha value is -3.26. The van der Waals surface area contributed by atoms with E-state index in [-0.39, 0.29) is 31.3 Å². The average molecular weight is 519 g/mol. The standard InChI is InChI=1S/C19H28N2O4.C8H7ClO2/c1-14-12-21(18(23)25-19(2,3)4)11-10-16(14)20-17(22)24-13-15-8-6-5-7-9-15;9-8(10)11-6-7-4-2-1-3-5-7/h5-9,14,16H,10-13H2,1-4H3,(H,20,22);1-5H,6H2. The summed E-state index contributed by atoms with van der Waals surface area (Å²) in [6, 6.07) is 18.9. The smallest absolute Gasteiger partial charge is 0.410 e. The van der Waals surface area contributed by atoms with Crippen molar-refractivity contribution in [2.24, 2.45) is 5.92 Å². The summed E-state index contributed by atoms with van der Waals surface area (Å²) < 4.78 is 15.2. The van der Waals surface area contributed by atoms with Crippen LogP contribution in [0.15, 0.2) is 60.7 Å². The van der Waals surface area contributed by atoms with E-state index in [4.69, 9.17) is 21.1 Å². The van der Waals surface area contributed by atoms with Gasteiger partial charge in [0, 0.05) is 30.7 Å². The molecule has 2 atom stereocenters. The van der Waals surface area contributed by atoms with Crippen LogP contribution in [0.1, 0.15) is 45.2 Å². The van der Waals surface area contributed by atoms with Crippen molar-refractivity contribution in [1.82, 2.24) is 10.2 Å². The highest BCUT2D eigenvalue weighted by Crippen LogP contribution is 2.20. The Morgan fingerprint density at radius 2 is 1.47 bits per heavy atom. The molecule has 2 amide bonds. The van der Waals surface area contributed by atoms with E-state index in [1.807, 2.05) is 88.4 Å². The molecule has 8 nitrogen and oxygen atoms in total. The number of hydrogen-bond donors (Lipinski definition) is 1. The van der Waals surface area contributed by atoms with Crippen LogP contribution in [0.3, 0.4) is 0 Å². The Labute approximate surface area is 217 Å². The van der Waals surface area contributed by atoms with Crippen molar-refractivity contribution in [3.8, 4) is 0 Å². The Bertz CT molecular complexity index is 965. The lowest BCUT2D eigenvalue weighted by Gasteiger charge is -2.37. The number of hydrogen-bond acceptors (Lipinski definition) is 6. The molecule has 1 heterocycles. The largest absolute Gasteiger partial charge is 0.449 e. The Morgan fingerprint density at radius 3 is 1.94 bits per heavy atom. The lowest BCUT2D eigenvalue weighted by atomic mass is 9.94. The van der Waals surface area contributed by atoms with Crippen LogP contribution in [0.4, 0.5) is 14.4 Å². The first-order chi connectivity index (χ1) is 17.0. The summed E-state index contributed by atoms with van der Waals surface area (Å²) in [7, 11) is 0. The lowest BCUT2D eigenvalue weighted by Crippen LogP contribution is -2.52. The predicted molar refractivity (Wildman–Crippen MR) is 138 cm³/mol. The van der Waals surface area contributed by atoms with Gasteiger partial charge >= 0.3 is 17.6 Å². The molecule has 0 spiro atoms. The number of ether oxygens (including phenoxy) is 3. The van der Waals surface area contributed by atoms with Gasteiger partial charge in [0.1, 0.15) is 18.8 Å². The zero-order chi connectivity index (χ0) is 26.6. The van der Waals surface area contributed by atoms with E-state index in [0.717, 1.165) is 11.1 Å². The summed E-state index contributed by atoms with van der Waals surface area (Å²) in [5, 5.41) is 2.91. The molecule has 0 saturated carbocycles. The van der Waals surface area contributed by atoms with Crippen molar-refractivity contribution in [2.75, 3.05) is 13.1 Å². The third-order valence-corrected chi connectivity index (χ3v) is 5.38. The molecule has 1 fully saturated rings. The highest BCUT2D eigenvalue weighted by atomic mass is 35.5. The van der Waals surface area contributed by atoms with Crippen molar-refractivity contribution < 1.29 is 28.6 Å². The topological polar surface area (TPSA) is 94.2 Å². The van der Waals surface area contributed by atoms with Crippen LogP contribution in [-0.4, -0.2) is 47.2 Å². The highest BCUT2D eigenvalue weighted by molar-refractivity contribution is 6.61. The first kappa shape index (κ1) is 29.0. The molecule has 0 aliphatic carbocycles. The number of halogens is 1. The first-order valence-corrected chi connectivity index (χ1v) is 12.2. The van der Waals surface area contributed by atoms with E-state index in [2.05, 4.69) is 10.1 Å². The minimum absolute atomic E-state index is 0.0121. The third kappa shape index (κ3) is 11.4. The summed E-state index contributed by atoms with van der Waals surface area (Å²) in [5.41, 5.74) is 0.609. The van der Waals surface area contributed by atoms with E-state index >= 15 is 0 Å². The van der Waals surface area contributed by atoms with Gasteiger partial charge < -0.3 is 24.4 Å². The molecule has 9 heteroatoms. The van der Waals surface area contributed by atoms with Gasteiger partial charge in [-0.25, -0.2) is 14.4 Å². The summed E-state index contributed by atoms with van der Waals surface area (Å²) >= 11 is 4.97. The number of nitrogens with one attached hydrogen (secondary N) is 1. The SMILES string of the molecule is CC1CN(C(=O)OC(C)(C)C)CCC1NC(=O)OCc1ccccc1.O=C(Cl)OCc1ccccc1. The molecular weight excluding hydrogens is 484 g/mol. The van der Waals surface area contributed by atoms with Gasteiger partial charge in [-0.05, 0) is 44.2 Å². The molecule has 36 heavy (non-hydrogen) atoms. The fourth-order valence-electron chi connectivity index (χ4n) is 3.48. The van der Waals surface area contributed by atoms with Gasteiger partial charge in [0.25, 0.3) is 0 Å².